The van der Waals surface area contributed by atoms with Crippen molar-refractivity contribution < 1.29 is 9.94 Å². The van der Waals surface area contributed by atoms with E-state index in [9.17, 15) is 0 Å². The summed E-state index contributed by atoms with van der Waals surface area (Å²) in [6.45, 7) is 2.37. The second kappa shape index (κ2) is 5.91. The molecule has 0 unspecified atom stereocenters. The molecule has 3 N–H and O–H groups in total. The zero-order chi connectivity index (χ0) is 13.7. The smallest absolute Gasteiger partial charge is 0.173 e. The summed E-state index contributed by atoms with van der Waals surface area (Å²) < 4.78 is 5.80. The highest BCUT2D eigenvalue weighted by Gasteiger charge is 2.10. The van der Waals surface area contributed by atoms with E-state index in [1.165, 1.54) is 0 Å². The molecule has 0 radical (unpaired) electrons. The molecule has 2 rings (SSSR count). The van der Waals surface area contributed by atoms with E-state index >= 15 is 0 Å². The largest absolute Gasteiger partial charge is 0.488 e. The first-order valence-electron chi connectivity index (χ1n) is 5.96. The predicted octanol–water partition coefficient (Wildman–Crippen LogP) is 2.67. The second-order valence-electron chi connectivity index (χ2n) is 4.21. The fourth-order valence-electron chi connectivity index (χ4n) is 1.83. The van der Waals surface area contributed by atoms with Gasteiger partial charge in [0.15, 0.2) is 5.84 Å². The average Bonchev–Trinajstić information content (AvgIpc) is 2.46. The summed E-state index contributed by atoms with van der Waals surface area (Å²) in [5.74, 6) is 0.688. The fraction of sp³-hybridized carbons (Fsp3) is 0.133. The zero-order valence-electron chi connectivity index (χ0n) is 10.7. The molecule has 0 aliphatic rings. The van der Waals surface area contributed by atoms with Crippen molar-refractivity contribution in [3.05, 3.63) is 65.2 Å². The quantitative estimate of drug-likeness (QED) is 0.382. The first-order chi connectivity index (χ1) is 9.22. The van der Waals surface area contributed by atoms with Crippen molar-refractivity contribution in [2.45, 2.75) is 13.5 Å². The van der Waals surface area contributed by atoms with Crippen LogP contribution in [0.1, 0.15) is 16.7 Å². The maximum absolute atomic E-state index is 8.80. The molecule has 0 aliphatic carbocycles. The Morgan fingerprint density at radius 3 is 2.58 bits per heavy atom. The maximum atomic E-state index is 8.80. The van der Waals surface area contributed by atoms with Crippen LogP contribution in [0.3, 0.4) is 0 Å². The molecule has 2 aromatic carbocycles. The first-order valence-corrected chi connectivity index (χ1v) is 5.96. The Morgan fingerprint density at radius 2 is 1.89 bits per heavy atom. The lowest BCUT2D eigenvalue weighted by Gasteiger charge is -2.13. The summed E-state index contributed by atoms with van der Waals surface area (Å²) >= 11 is 0. The van der Waals surface area contributed by atoms with Gasteiger partial charge in [-0.2, -0.15) is 0 Å². The Morgan fingerprint density at radius 1 is 1.16 bits per heavy atom. The van der Waals surface area contributed by atoms with E-state index in [-0.39, 0.29) is 5.84 Å². The van der Waals surface area contributed by atoms with E-state index in [1.54, 1.807) is 6.07 Å². The number of ether oxygens (including phenoxy) is 1. The summed E-state index contributed by atoms with van der Waals surface area (Å²) in [7, 11) is 0. The van der Waals surface area contributed by atoms with Gasteiger partial charge in [-0.15, -0.1) is 0 Å². The number of hydrogen-bond acceptors (Lipinski definition) is 3. The van der Waals surface area contributed by atoms with E-state index in [0.717, 1.165) is 11.1 Å². The molecule has 98 valence electrons. The van der Waals surface area contributed by atoms with Crippen LogP contribution in [0, 0.1) is 6.92 Å². The van der Waals surface area contributed by atoms with Gasteiger partial charge in [0.1, 0.15) is 12.4 Å². The molecular formula is C15H16N2O2. The maximum Gasteiger partial charge on any atom is 0.173 e. The van der Waals surface area contributed by atoms with Crippen LogP contribution in [-0.4, -0.2) is 11.0 Å². The normalized spacial score (nSPS) is 11.3. The zero-order valence-corrected chi connectivity index (χ0v) is 10.7. The summed E-state index contributed by atoms with van der Waals surface area (Å²) in [6, 6.07) is 15.4. The van der Waals surface area contributed by atoms with Gasteiger partial charge < -0.3 is 15.7 Å². The van der Waals surface area contributed by atoms with Crippen molar-refractivity contribution in [1.29, 1.82) is 0 Å². The van der Waals surface area contributed by atoms with Crippen LogP contribution in [0.5, 0.6) is 5.75 Å². The molecule has 0 saturated carbocycles. The summed E-state index contributed by atoms with van der Waals surface area (Å²) in [6.07, 6.45) is 0. The lowest BCUT2D eigenvalue weighted by Crippen LogP contribution is -2.15. The second-order valence-corrected chi connectivity index (χ2v) is 4.21. The molecule has 0 amide bonds. The van der Waals surface area contributed by atoms with Crippen molar-refractivity contribution in [1.82, 2.24) is 0 Å². The number of rotatable bonds is 4. The number of hydrogen-bond donors (Lipinski definition) is 2. The number of aryl methyl sites for hydroxylation is 1. The standard InChI is InChI=1S/C15H16N2O2/c1-11-6-5-9-13(15(16)17-18)14(11)19-10-12-7-3-2-4-8-12/h2-9,18H,10H2,1H3,(H2,16,17). The van der Waals surface area contributed by atoms with E-state index < -0.39 is 0 Å². The number of para-hydroxylation sites is 1. The van der Waals surface area contributed by atoms with Gasteiger partial charge in [0.25, 0.3) is 0 Å². The Labute approximate surface area is 112 Å². The minimum Gasteiger partial charge on any atom is -0.488 e. The predicted molar refractivity (Wildman–Crippen MR) is 74.5 cm³/mol. The lowest BCUT2D eigenvalue weighted by molar-refractivity contribution is 0.301. The van der Waals surface area contributed by atoms with Crippen LogP contribution < -0.4 is 10.5 Å². The molecule has 0 heterocycles. The molecule has 4 nitrogen and oxygen atoms in total. The van der Waals surface area contributed by atoms with Crippen molar-refractivity contribution in [3.63, 3.8) is 0 Å². The highest BCUT2D eigenvalue weighted by molar-refractivity contribution is 5.99. The highest BCUT2D eigenvalue weighted by atomic mass is 16.5. The van der Waals surface area contributed by atoms with Gasteiger partial charge in [-0.3, -0.25) is 0 Å². The van der Waals surface area contributed by atoms with Crippen molar-refractivity contribution >= 4 is 5.84 Å². The minimum atomic E-state index is 0.0479. The molecule has 0 bridgehead atoms. The first kappa shape index (κ1) is 13.0. The van der Waals surface area contributed by atoms with E-state index in [2.05, 4.69) is 5.16 Å². The topological polar surface area (TPSA) is 67.8 Å². The van der Waals surface area contributed by atoms with Gasteiger partial charge in [-0.1, -0.05) is 47.6 Å². The molecule has 19 heavy (non-hydrogen) atoms. The Hall–Kier alpha value is -2.49. The third-order valence-corrected chi connectivity index (χ3v) is 2.82. The van der Waals surface area contributed by atoms with Crippen molar-refractivity contribution in [3.8, 4) is 5.75 Å². The van der Waals surface area contributed by atoms with Gasteiger partial charge >= 0.3 is 0 Å². The van der Waals surface area contributed by atoms with Crippen LogP contribution in [0.15, 0.2) is 53.7 Å². The van der Waals surface area contributed by atoms with Crippen LogP contribution in [0.2, 0.25) is 0 Å². The van der Waals surface area contributed by atoms with Crippen LogP contribution >= 0.6 is 0 Å². The Balaban J connectivity index is 2.24. The molecule has 0 atom stereocenters. The molecule has 0 aromatic heterocycles. The monoisotopic (exact) mass is 256 g/mol. The molecular weight excluding hydrogens is 240 g/mol. The summed E-state index contributed by atoms with van der Waals surface area (Å²) in [5, 5.41) is 11.8. The SMILES string of the molecule is Cc1cccc(/C(N)=N/O)c1OCc1ccccc1. The Kier molecular flexibility index (Phi) is 4.03. The number of oxime groups is 1. The van der Waals surface area contributed by atoms with E-state index in [1.807, 2.05) is 49.4 Å². The Bertz CT molecular complexity index is 580. The van der Waals surface area contributed by atoms with E-state index in [4.69, 9.17) is 15.7 Å². The van der Waals surface area contributed by atoms with Gasteiger partial charge in [-0.25, -0.2) is 0 Å². The highest BCUT2D eigenvalue weighted by Crippen LogP contribution is 2.24. The van der Waals surface area contributed by atoms with Crippen LogP contribution in [0.25, 0.3) is 0 Å². The number of amidine groups is 1. The number of nitrogens with zero attached hydrogens (tertiary/aromatic N) is 1. The molecule has 0 saturated heterocycles. The summed E-state index contributed by atoms with van der Waals surface area (Å²) in [5.41, 5.74) is 8.26. The third-order valence-electron chi connectivity index (χ3n) is 2.82. The average molecular weight is 256 g/mol. The van der Waals surface area contributed by atoms with Gasteiger partial charge in [0.05, 0.1) is 5.56 Å². The molecule has 4 heteroatoms. The molecule has 2 aromatic rings. The van der Waals surface area contributed by atoms with Crippen molar-refractivity contribution in [2.24, 2.45) is 10.9 Å². The van der Waals surface area contributed by atoms with Gasteiger partial charge in [0.2, 0.25) is 0 Å². The van der Waals surface area contributed by atoms with Crippen molar-refractivity contribution in [2.75, 3.05) is 0 Å². The summed E-state index contributed by atoms with van der Waals surface area (Å²) in [4.78, 5) is 0. The van der Waals surface area contributed by atoms with Crippen LogP contribution in [-0.2, 0) is 6.61 Å². The van der Waals surface area contributed by atoms with Gasteiger partial charge in [-0.05, 0) is 24.1 Å². The molecule has 0 spiro atoms. The van der Waals surface area contributed by atoms with Crippen LogP contribution in [0.4, 0.5) is 0 Å². The minimum absolute atomic E-state index is 0.0479. The number of benzene rings is 2. The van der Waals surface area contributed by atoms with Gasteiger partial charge in [0, 0.05) is 0 Å². The van der Waals surface area contributed by atoms with E-state index in [0.29, 0.717) is 17.9 Å². The fourth-order valence-corrected chi connectivity index (χ4v) is 1.83. The molecule has 0 aliphatic heterocycles. The molecule has 0 fully saturated rings. The lowest BCUT2D eigenvalue weighted by atomic mass is 10.1. The number of nitrogens with two attached hydrogens (primary N) is 1. The third kappa shape index (κ3) is 3.04.